The third-order valence-electron chi connectivity index (χ3n) is 3.32. The largest absolute Gasteiger partial charge is 0.314 e. The van der Waals surface area contributed by atoms with Crippen molar-refractivity contribution in [3.8, 4) is 0 Å². The Balaban J connectivity index is 1.79. The van der Waals surface area contributed by atoms with Gasteiger partial charge in [-0.1, -0.05) is 12.1 Å². The van der Waals surface area contributed by atoms with Crippen LogP contribution in [-0.4, -0.2) is 31.1 Å². The van der Waals surface area contributed by atoms with Gasteiger partial charge < -0.3 is 5.32 Å². The van der Waals surface area contributed by atoms with Crippen LogP contribution in [0.2, 0.25) is 0 Å². The van der Waals surface area contributed by atoms with Crippen molar-refractivity contribution in [3.05, 3.63) is 34.7 Å². The number of hydrogen-bond donors (Lipinski definition) is 1. The first-order valence-electron chi connectivity index (χ1n) is 6.23. The summed E-state index contributed by atoms with van der Waals surface area (Å²) in [6.45, 7) is 7.86. The highest BCUT2D eigenvalue weighted by molar-refractivity contribution is 7.19. The highest BCUT2D eigenvalue weighted by Crippen LogP contribution is 2.26. The Hall–Kier alpha value is -0.900. The SMILES string of the molecule is Cc1cc2ccc(CN3CCNCC3)cc2s1. The fourth-order valence-corrected chi connectivity index (χ4v) is 3.42. The van der Waals surface area contributed by atoms with Crippen LogP contribution in [0.1, 0.15) is 10.4 Å². The van der Waals surface area contributed by atoms with Crippen molar-refractivity contribution in [2.75, 3.05) is 26.2 Å². The molecule has 3 rings (SSSR count). The highest BCUT2D eigenvalue weighted by atomic mass is 32.1. The predicted octanol–water partition coefficient (Wildman–Crippen LogP) is 2.61. The van der Waals surface area contributed by atoms with Crippen molar-refractivity contribution in [2.24, 2.45) is 0 Å². The maximum absolute atomic E-state index is 3.39. The lowest BCUT2D eigenvalue weighted by atomic mass is 10.1. The molecule has 0 bridgehead atoms. The van der Waals surface area contributed by atoms with Crippen LogP contribution in [0.3, 0.4) is 0 Å². The summed E-state index contributed by atoms with van der Waals surface area (Å²) in [7, 11) is 0. The first-order valence-corrected chi connectivity index (χ1v) is 7.05. The lowest BCUT2D eigenvalue weighted by Gasteiger charge is -2.27. The van der Waals surface area contributed by atoms with Gasteiger partial charge in [0.2, 0.25) is 0 Å². The summed E-state index contributed by atoms with van der Waals surface area (Å²) in [5.74, 6) is 0. The highest BCUT2D eigenvalue weighted by Gasteiger charge is 2.10. The van der Waals surface area contributed by atoms with Crippen LogP contribution < -0.4 is 5.32 Å². The Labute approximate surface area is 106 Å². The molecule has 1 fully saturated rings. The first kappa shape index (κ1) is 11.2. The molecule has 0 spiro atoms. The van der Waals surface area contributed by atoms with Crippen LogP contribution in [0, 0.1) is 6.92 Å². The average Bonchev–Trinajstić information content (AvgIpc) is 2.70. The fraction of sp³-hybridized carbons (Fsp3) is 0.429. The van der Waals surface area contributed by atoms with E-state index in [9.17, 15) is 0 Å². The van der Waals surface area contributed by atoms with Gasteiger partial charge in [-0.15, -0.1) is 11.3 Å². The van der Waals surface area contributed by atoms with Crippen LogP contribution in [0.4, 0.5) is 0 Å². The maximum atomic E-state index is 3.39. The van der Waals surface area contributed by atoms with Crippen LogP contribution >= 0.6 is 11.3 Å². The Bertz CT molecular complexity index is 512. The smallest absolute Gasteiger partial charge is 0.0348 e. The quantitative estimate of drug-likeness (QED) is 0.876. The zero-order chi connectivity index (χ0) is 11.7. The van der Waals surface area contributed by atoms with Gasteiger partial charge >= 0.3 is 0 Å². The number of nitrogens with zero attached hydrogens (tertiary/aromatic N) is 1. The molecule has 1 aromatic carbocycles. The number of thiophene rings is 1. The van der Waals surface area contributed by atoms with Gasteiger partial charge in [0, 0.05) is 42.3 Å². The molecule has 0 atom stereocenters. The molecule has 1 aromatic heterocycles. The van der Waals surface area contributed by atoms with Crippen molar-refractivity contribution in [1.29, 1.82) is 0 Å². The standard InChI is InChI=1S/C14H18N2S/c1-11-8-13-3-2-12(9-14(13)17-11)10-16-6-4-15-5-7-16/h2-3,8-9,15H,4-7,10H2,1H3. The van der Waals surface area contributed by atoms with Crippen molar-refractivity contribution >= 4 is 21.4 Å². The second kappa shape index (κ2) is 4.77. The van der Waals surface area contributed by atoms with Crippen molar-refractivity contribution < 1.29 is 0 Å². The van der Waals surface area contributed by atoms with Crippen molar-refractivity contribution in [1.82, 2.24) is 10.2 Å². The molecule has 3 heteroatoms. The lowest BCUT2D eigenvalue weighted by molar-refractivity contribution is 0.233. The molecule has 1 aliphatic heterocycles. The van der Waals surface area contributed by atoms with E-state index in [1.807, 2.05) is 11.3 Å². The molecule has 90 valence electrons. The summed E-state index contributed by atoms with van der Waals surface area (Å²) >= 11 is 1.90. The molecule has 0 radical (unpaired) electrons. The van der Waals surface area contributed by atoms with E-state index in [0.29, 0.717) is 0 Å². The van der Waals surface area contributed by atoms with E-state index in [1.54, 1.807) is 0 Å². The Kier molecular flexibility index (Phi) is 3.14. The first-order chi connectivity index (χ1) is 8.31. The number of nitrogens with one attached hydrogen (secondary N) is 1. The van der Waals surface area contributed by atoms with Crippen molar-refractivity contribution in [2.45, 2.75) is 13.5 Å². The van der Waals surface area contributed by atoms with E-state index in [1.165, 1.54) is 33.6 Å². The maximum Gasteiger partial charge on any atom is 0.0348 e. The minimum Gasteiger partial charge on any atom is -0.314 e. The van der Waals surface area contributed by atoms with Gasteiger partial charge in [0.05, 0.1) is 0 Å². The summed E-state index contributed by atoms with van der Waals surface area (Å²) in [5, 5.41) is 4.78. The Morgan fingerprint density at radius 3 is 2.88 bits per heavy atom. The van der Waals surface area contributed by atoms with Crippen LogP contribution in [0.5, 0.6) is 0 Å². The van der Waals surface area contributed by atoms with E-state index in [2.05, 4.69) is 41.4 Å². The summed E-state index contributed by atoms with van der Waals surface area (Å²) in [6, 6.07) is 9.16. The molecule has 1 aliphatic rings. The third kappa shape index (κ3) is 2.51. The number of fused-ring (bicyclic) bond motifs is 1. The van der Waals surface area contributed by atoms with Gasteiger partial charge in [-0.2, -0.15) is 0 Å². The average molecular weight is 246 g/mol. The Morgan fingerprint density at radius 2 is 2.06 bits per heavy atom. The number of rotatable bonds is 2. The minimum absolute atomic E-state index is 1.09. The molecule has 1 saturated heterocycles. The van der Waals surface area contributed by atoms with E-state index >= 15 is 0 Å². The summed E-state index contributed by atoms with van der Waals surface area (Å²) < 4.78 is 1.43. The summed E-state index contributed by atoms with van der Waals surface area (Å²) in [4.78, 5) is 3.93. The van der Waals surface area contributed by atoms with Crippen LogP contribution in [0.15, 0.2) is 24.3 Å². The topological polar surface area (TPSA) is 15.3 Å². The van der Waals surface area contributed by atoms with Gasteiger partial charge in [-0.25, -0.2) is 0 Å². The molecule has 2 aromatic rings. The fourth-order valence-electron chi connectivity index (χ4n) is 2.43. The van der Waals surface area contributed by atoms with Gasteiger partial charge in [0.25, 0.3) is 0 Å². The molecular formula is C14H18N2S. The van der Waals surface area contributed by atoms with E-state index in [0.717, 1.165) is 19.6 Å². The van der Waals surface area contributed by atoms with Gasteiger partial charge in [0.15, 0.2) is 0 Å². The van der Waals surface area contributed by atoms with Crippen molar-refractivity contribution in [3.63, 3.8) is 0 Å². The molecule has 1 N–H and O–H groups in total. The second-order valence-electron chi connectivity index (χ2n) is 4.76. The number of benzene rings is 1. The normalized spacial score (nSPS) is 17.7. The number of piperazine rings is 1. The molecule has 0 saturated carbocycles. The van der Waals surface area contributed by atoms with Gasteiger partial charge in [-0.05, 0) is 30.0 Å². The van der Waals surface area contributed by atoms with Gasteiger partial charge in [-0.3, -0.25) is 4.90 Å². The zero-order valence-corrected chi connectivity index (χ0v) is 11.0. The zero-order valence-electron chi connectivity index (χ0n) is 10.2. The lowest BCUT2D eigenvalue weighted by Crippen LogP contribution is -2.42. The predicted molar refractivity (Wildman–Crippen MR) is 74.7 cm³/mol. The molecule has 0 unspecified atom stereocenters. The summed E-state index contributed by atoms with van der Waals surface area (Å²) in [6.07, 6.45) is 0. The second-order valence-corrected chi connectivity index (χ2v) is 6.04. The monoisotopic (exact) mass is 246 g/mol. The van der Waals surface area contributed by atoms with Gasteiger partial charge in [0.1, 0.15) is 0 Å². The molecular weight excluding hydrogens is 228 g/mol. The molecule has 2 heterocycles. The van der Waals surface area contributed by atoms with E-state index in [4.69, 9.17) is 0 Å². The minimum atomic E-state index is 1.09. The molecule has 0 amide bonds. The van der Waals surface area contributed by atoms with E-state index < -0.39 is 0 Å². The molecule has 2 nitrogen and oxygen atoms in total. The molecule has 17 heavy (non-hydrogen) atoms. The number of hydrogen-bond acceptors (Lipinski definition) is 3. The summed E-state index contributed by atoms with van der Waals surface area (Å²) in [5.41, 5.74) is 1.45. The van der Waals surface area contributed by atoms with Crippen LogP contribution in [-0.2, 0) is 6.54 Å². The molecule has 0 aliphatic carbocycles. The Morgan fingerprint density at radius 1 is 1.24 bits per heavy atom. The van der Waals surface area contributed by atoms with E-state index in [-0.39, 0.29) is 0 Å². The number of aryl methyl sites for hydroxylation is 1. The van der Waals surface area contributed by atoms with Crippen LogP contribution in [0.25, 0.3) is 10.1 Å². The third-order valence-corrected chi connectivity index (χ3v) is 4.34.